The lowest BCUT2D eigenvalue weighted by Gasteiger charge is -2.34. The molecule has 1 aromatic heterocycles. The van der Waals surface area contributed by atoms with E-state index in [1.807, 2.05) is 13.8 Å². The van der Waals surface area contributed by atoms with Crippen molar-refractivity contribution in [1.82, 2.24) is 14.6 Å². The lowest BCUT2D eigenvalue weighted by atomic mass is 10.0. The number of likely N-dealkylation sites (N-methyl/N-ethyl adjacent to an activating group) is 1. The summed E-state index contributed by atoms with van der Waals surface area (Å²) in [7, 11) is -1.71. The highest BCUT2D eigenvalue weighted by Gasteiger charge is 2.34. The van der Waals surface area contributed by atoms with Crippen LogP contribution in [0.1, 0.15) is 57.6 Å². The van der Waals surface area contributed by atoms with Crippen LogP contribution in [0.25, 0.3) is 0 Å². The Kier molecular flexibility index (Phi) is 11.4. The standard InChI is InChI=1S/C18H30FN3O3S.2ClH/c1-18(2,21-12-17(23)14-9-15(19)11-20-10-14)13-22(3)26(24,25)16-7-5-4-6-8-16;;/h9-11,16-17,21,23H,4-8,12-13H2,1-3H3;2*1H/t17-;;/m0../s1. The molecule has 10 heteroatoms. The second-order valence-corrected chi connectivity index (χ2v) is 10.1. The van der Waals surface area contributed by atoms with E-state index in [1.165, 1.54) is 16.6 Å². The van der Waals surface area contributed by atoms with Gasteiger partial charge in [-0.2, -0.15) is 0 Å². The van der Waals surface area contributed by atoms with Crippen molar-refractivity contribution in [1.29, 1.82) is 0 Å². The van der Waals surface area contributed by atoms with E-state index in [1.54, 1.807) is 7.05 Å². The van der Waals surface area contributed by atoms with Crippen LogP contribution in [-0.2, 0) is 10.0 Å². The number of nitrogens with one attached hydrogen (secondary N) is 1. The molecule has 2 N–H and O–H groups in total. The number of nitrogens with zero attached hydrogens (tertiary/aromatic N) is 2. The first-order valence-corrected chi connectivity index (χ1v) is 10.6. The normalized spacial score (nSPS) is 16.9. The Morgan fingerprint density at radius 1 is 1.29 bits per heavy atom. The first-order valence-electron chi connectivity index (χ1n) is 9.10. The number of aliphatic hydroxyl groups excluding tert-OH is 1. The molecule has 0 spiro atoms. The third-order valence-corrected chi connectivity index (χ3v) is 7.22. The molecule has 0 aliphatic heterocycles. The van der Waals surface area contributed by atoms with Crippen LogP contribution in [0.15, 0.2) is 18.5 Å². The second kappa shape index (κ2) is 11.6. The summed E-state index contributed by atoms with van der Waals surface area (Å²) in [6.45, 7) is 4.24. The molecular weight excluding hydrogens is 428 g/mol. The third kappa shape index (κ3) is 7.72. The molecule has 6 nitrogen and oxygen atoms in total. The lowest BCUT2D eigenvalue weighted by molar-refractivity contribution is 0.156. The van der Waals surface area contributed by atoms with Crippen molar-refractivity contribution in [3.63, 3.8) is 0 Å². The van der Waals surface area contributed by atoms with Gasteiger partial charge >= 0.3 is 0 Å². The Morgan fingerprint density at radius 2 is 1.89 bits per heavy atom. The monoisotopic (exact) mass is 459 g/mol. The van der Waals surface area contributed by atoms with Gasteiger partial charge in [-0.05, 0) is 32.8 Å². The highest BCUT2D eigenvalue weighted by Crippen LogP contribution is 2.26. The first kappa shape index (κ1) is 27.5. The van der Waals surface area contributed by atoms with E-state index in [0.29, 0.717) is 12.1 Å². The number of aromatic nitrogens is 1. The third-order valence-electron chi connectivity index (χ3n) is 4.91. The Bertz CT molecular complexity index is 701. The van der Waals surface area contributed by atoms with E-state index >= 15 is 0 Å². The smallest absolute Gasteiger partial charge is 0.216 e. The minimum Gasteiger partial charge on any atom is -0.387 e. The van der Waals surface area contributed by atoms with Crippen molar-refractivity contribution >= 4 is 34.8 Å². The van der Waals surface area contributed by atoms with Crippen molar-refractivity contribution in [3.05, 3.63) is 29.8 Å². The SMILES string of the molecule is CN(CC(C)(C)NC[C@H](O)c1cncc(F)c1)S(=O)(=O)C1CCCCC1.Cl.Cl. The molecule has 0 saturated heterocycles. The summed E-state index contributed by atoms with van der Waals surface area (Å²) >= 11 is 0. The molecule has 1 saturated carbocycles. The van der Waals surface area contributed by atoms with E-state index in [4.69, 9.17) is 0 Å². The van der Waals surface area contributed by atoms with Crippen LogP contribution in [0.4, 0.5) is 4.39 Å². The molecule has 2 rings (SSSR count). The molecule has 1 aliphatic carbocycles. The molecule has 1 atom stereocenters. The van der Waals surface area contributed by atoms with Gasteiger partial charge in [0.25, 0.3) is 0 Å². The van der Waals surface area contributed by atoms with Gasteiger partial charge in [-0.15, -0.1) is 24.8 Å². The van der Waals surface area contributed by atoms with E-state index in [-0.39, 0.29) is 36.6 Å². The van der Waals surface area contributed by atoms with E-state index in [2.05, 4.69) is 10.3 Å². The van der Waals surface area contributed by atoms with Gasteiger partial charge in [-0.1, -0.05) is 19.3 Å². The molecule has 1 fully saturated rings. The maximum absolute atomic E-state index is 13.2. The van der Waals surface area contributed by atoms with Crippen molar-refractivity contribution in [3.8, 4) is 0 Å². The Labute approximate surface area is 180 Å². The summed E-state index contributed by atoms with van der Waals surface area (Å²) in [6.07, 6.45) is 6.08. The summed E-state index contributed by atoms with van der Waals surface area (Å²) < 4.78 is 40.2. The van der Waals surface area contributed by atoms with E-state index < -0.39 is 27.5 Å². The number of hydrogen-bond donors (Lipinski definition) is 2. The number of hydrogen-bond acceptors (Lipinski definition) is 5. The van der Waals surface area contributed by atoms with Gasteiger partial charge < -0.3 is 10.4 Å². The highest BCUT2D eigenvalue weighted by atomic mass is 35.5. The van der Waals surface area contributed by atoms with Crippen LogP contribution in [0, 0.1) is 5.82 Å². The van der Waals surface area contributed by atoms with E-state index in [0.717, 1.165) is 38.3 Å². The summed E-state index contributed by atoms with van der Waals surface area (Å²) in [6, 6.07) is 1.24. The maximum atomic E-state index is 13.2. The number of sulfonamides is 1. The molecule has 0 bridgehead atoms. The van der Waals surface area contributed by atoms with Crippen molar-refractivity contribution < 1.29 is 17.9 Å². The van der Waals surface area contributed by atoms with Crippen LogP contribution in [0.3, 0.4) is 0 Å². The van der Waals surface area contributed by atoms with Gasteiger partial charge in [0.2, 0.25) is 10.0 Å². The molecule has 1 heterocycles. The lowest BCUT2D eigenvalue weighted by Crippen LogP contribution is -2.52. The molecular formula is C18H32Cl2FN3O3S. The molecule has 1 aromatic rings. The van der Waals surface area contributed by atoms with Crippen LogP contribution < -0.4 is 5.32 Å². The minimum absolute atomic E-state index is 0. The largest absolute Gasteiger partial charge is 0.387 e. The van der Waals surface area contributed by atoms with Crippen LogP contribution in [0.2, 0.25) is 0 Å². The molecule has 0 radical (unpaired) electrons. The van der Waals surface area contributed by atoms with Gasteiger partial charge in [0.05, 0.1) is 17.6 Å². The van der Waals surface area contributed by atoms with Crippen LogP contribution >= 0.6 is 24.8 Å². The fourth-order valence-corrected chi connectivity index (χ4v) is 5.36. The number of rotatable bonds is 8. The summed E-state index contributed by atoms with van der Waals surface area (Å²) in [5, 5.41) is 13.1. The van der Waals surface area contributed by atoms with Gasteiger partial charge in [0.1, 0.15) is 5.82 Å². The second-order valence-electron chi connectivity index (χ2n) is 7.78. The van der Waals surface area contributed by atoms with Crippen molar-refractivity contribution in [2.45, 2.75) is 62.8 Å². The van der Waals surface area contributed by atoms with Gasteiger partial charge in [-0.3, -0.25) is 4.98 Å². The van der Waals surface area contributed by atoms with Crippen LogP contribution in [0.5, 0.6) is 0 Å². The van der Waals surface area contributed by atoms with Gasteiger partial charge in [-0.25, -0.2) is 17.1 Å². The van der Waals surface area contributed by atoms with Crippen LogP contribution in [-0.4, -0.2) is 53.7 Å². The van der Waals surface area contributed by atoms with Gasteiger partial charge in [0.15, 0.2) is 0 Å². The zero-order valence-corrected chi connectivity index (χ0v) is 19.0. The fraction of sp³-hybridized carbons (Fsp3) is 0.722. The quantitative estimate of drug-likeness (QED) is 0.623. The zero-order valence-electron chi connectivity index (χ0n) is 16.6. The van der Waals surface area contributed by atoms with Gasteiger partial charge in [0, 0.05) is 37.4 Å². The molecule has 0 unspecified atom stereocenters. The summed E-state index contributed by atoms with van der Waals surface area (Å²) in [4.78, 5) is 3.73. The van der Waals surface area contributed by atoms with Crippen molar-refractivity contribution in [2.24, 2.45) is 0 Å². The molecule has 28 heavy (non-hydrogen) atoms. The molecule has 0 amide bonds. The maximum Gasteiger partial charge on any atom is 0.216 e. The Morgan fingerprint density at radius 3 is 2.46 bits per heavy atom. The number of pyridine rings is 1. The van der Waals surface area contributed by atoms with Crippen molar-refractivity contribution in [2.75, 3.05) is 20.1 Å². The number of β-amino-alcohol motifs (C(OH)–C–C–N with tert-alkyl or cyclic N) is 1. The molecule has 164 valence electrons. The molecule has 0 aromatic carbocycles. The first-order chi connectivity index (χ1) is 12.1. The Hall–Kier alpha value is -0.510. The summed E-state index contributed by atoms with van der Waals surface area (Å²) in [5.41, 5.74) is -0.158. The topological polar surface area (TPSA) is 82.5 Å². The number of aliphatic hydroxyl groups is 1. The highest BCUT2D eigenvalue weighted by molar-refractivity contribution is 7.89. The van der Waals surface area contributed by atoms with E-state index in [9.17, 15) is 17.9 Å². The minimum atomic E-state index is -3.32. The predicted octanol–water partition coefficient (Wildman–Crippen LogP) is 3.06. The Balaban J connectivity index is 0.00000364. The average molecular weight is 460 g/mol. The number of halogens is 3. The average Bonchev–Trinajstić information content (AvgIpc) is 2.60. The fourth-order valence-electron chi connectivity index (χ4n) is 3.42. The summed E-state index contributed by atoms with van der Waals surface area (Å²) in [5.74, 6) is -0.501. The zero-order chi connectivity index (χ0) is 19.4. The molecule has 1 aliphatic rings. The predicted molar refractivity (Wildman–Crippen MR) is 114 cm³/mol.